The maximum atomic E-state index is 9.53. The molecule has 0 bridgehead atoms. The number of furan rings is 1. The van der Waals surface area contributed by atoms with Crippen molar-refractivity contribution in [1.82, 2.24) is 9.97 Å². The van der Waals surface area contributed by atoms with E-state index >= 15 is 0 Å². The zero-order valence-corrected chi connectivity index (χ0v) is 8.11. The van der Waals surface area contributed by atoms with Gasteiger partial charge in [-0.3, -0.25) is 0 Å². The lowest BCUT2D eigenvalue weighted by molar-refractivity contribution is 0.446. The molecular formula is C10H12N2O2. The Labute approximate surface area is 81.6 Å². The minimum absolute atomic E-state index is 0.0659. The fourth-order valence-electron chi connectivity index (χ4n) is 1.32. The topological polar surface area (TPSA) is 62.0 Å². The summed E-state index contributed by atoms with van der Waals surface area (Å²) in [7, 11) is 0. The van der Waals surface area contributed by atoms with Gasteiger partial charge in [0.1, 0.15) is 12.1 Å². The molecule has 0 fully saturated rings. The number of rotatable bonds is 2. The molecule has 74 valence electrons. The van der Waals surface area contributed by atoms with E-state index in [1.807, 2.05) is 13.8 Å². The van der Waals surface area contributed by atoms with Crippen molar-refractivity contribution in [2.24, 2.45) is 0 Å². The lowest BCUT2D eigenvalue weighted by Crippen LogP contribution is -1.87. The lowest BCUT2D eigenvalue weighted by Gasteiger charge is -1.99. The van der Waals surface area contributed by atoms with Crippen LogP contribution in [0.3, 0.4) is 0 Å². The smallest absolute Gasteiger partial charge is 0.233 e. The van der Waals surface area contributed by atoms with E-state index in [0.29, 0.717) is 5.82 Å². The minimum Gasteiger partial charge on any atom is -0.492 e. The van der Waals surface area contributed by atoms with Gasteiger partial charge in [-0.2, -0.15) is 4.98 Å². The maximum absolute atomic E-state index is 9.53. The molecule has 4 heteroatoms. The number of hydrogen-bond donors (Lipinski definition) is 2. The molecule has 2 N–H and O–H groups in total. The monoisotopic (exact) mass is 192 g/mol. The van der Waals surface area contributed by atoms with Crippen molar-refractivity contribution in [2.45, 2.75) is 19.8 Å². The summed E-state index contributed by atoms with van der Waals surface area (Å²) < 4.78 is 4.94. The van der Waals surface area contributed by atoms with Crippen LogP contribution >= 0.6 is 0 Å². The number of aromatic nitrogens is 2. The Morgan fingerprint density at radius 3 is 2.79 bits per heavy atom. The van der Waals surface area contributed by atoms with Crippen LogP contribution in [0.5, 0.6) is 5.88 Å². The van der Waals surface area contributed by atoms with Crippen molar-refractivity contribution in [3.05, 3.63) is 24.3 Å². The molecule has 0 atom stereocenters. The zero-order chi connectivity index (χ0) is 10.1. The van der Waals surface area contributed by atoms with E-state index in [4.69, 9.17) is 4.42 Å². The predicted molar refractivity (Wildman–Crippen MR) is 52.0 cm³/mol. The average molecular weight is 192 g/mol. The van der Waals surface area contributed by atoms with Gasteiger partial charge in [-0.1, -0.05) is 13.8 Å². The largest absolute Gasteiger partial charge is 0.492 e. The van der Waals surface area contributed by atoms with Crippen LogP contribution in [0.1, 0.15) is 25.5 Å². The molecule has 0 aliphatic carbocycles. The summed E-state index contributed by atoms with van der Waals surface area (Å²) in [5, 5.41) is 9.53. The Morgan fingerprint density at radius 2 is 2.29 bits per heavy atom. The summed E-state index contributed by atoms with van der Waals surface area (Å²) in [6.07, 6.45) is 3.16. The summed E-state index contributed by atoms with van der Waals surface area (Å²) in [6, 6.07) is 1.79. The third-order valence-corrected chi connectivity index (χ3v) is 2.08. The Balaban J connectivity index is 2.43. The van der Waals surface area contributed by atoms with Crippen LogP contribution in [0.25, 0.3) is 11.4 Å². The molecule has 2 aromatic heterocycles. The number of nitrogens with zero attached hydrogens (tertiary/aromatic N) is 1. The highest BCUT2D eigenvalue weighted by atomic mass is 16.3. The zero-order valence-electron chi connectivity index (χ0n) is 8.11. The average Bonchev–Trinajstić information content (AvgIpc) is 2.70. The molecule has 0 unspecified atom stereocenters. The van der Waals surface area contributed by atoms with E-state index in [1.54, 1.807) is 18.6 Å². The molecular weight excluding hydrogens is 180 g/mol. The van der Waals surface area contributed by atoms with Gasteiger partial charge in [0.05, 0.1) is 17.5 Å². The number of imidazole rings is 1. The summed E-state index contributed by atoms with van der Waals surface area (Å²) in [5.74, 6) is 0.930. The standard InChI is InChI=1S/C10H12N2O2/c1-6(2)8-10(13)12-9(11-8)7-3-4-14-5-7/h3-6,13H,1-2H3,(H,11,12). The summed E-state index contributed by atoms with van der Waals surface area (Å²) >= 11 is 0. The van der Waals surface area contributed by atoms with Crippen LogP contribution in [0.4, 0.5) is 0 Å². The van der Waals surface area contributed by atoms with E-state index in [9.17, 15) is 5.11 Å². The van der Waals surface area contributed by atoms with Crippen LogP contribution in [0.2, 0.25) is 0 Å². The number of H-pyrrole nitrogens is 1. The summed E-state index contributed by atoms with van der Waals surface area (Å²) in [6.45, 7) is 3.98. The van der Waals surface area contributed by atoms with E-state index < -0.39 is 0 Å². The Hall–Kier alpha value is -1.71. The van der Waals surface area contributed by atoms with E-state index in [2.05, 4.69) is 9.97 Å². The van der Waals surface area contributed by atoms with Gasteiger partial charge in [0.2, 0.25) is 5.88 Å². The SMILES string of the molecule is CC(C)c1[nH]c(-c2ccoc2)nc1O. The molecule has 0 aliphatic rings. The third-order valence-electron chi connectivity index (χ3n) is 2.08. The molecule has 2 rings (SSSR count). The number of aromatic hydroxyl groups is 1. The van der Waals surface area contributed by atoms with E-state index in [-0.39, 0.29) is 11.8 Å². The second-order valence-electron chi connectivity index (χ2n) is 3.49. The second-order valence-corrected chi connectivity index (χ2v) is 3.49. The second kappa shape index (κ2) is 3.21. The summed E-state index contributed by atoms with van der Waals surface area (Å²) in [5.41, 5.74) is 1.59. The number of nitrogens with one attached hydrogen (secondary N) is 1. The number of aromatic amines is 1. The highest BCUT2D eigenvalue weighted by Crippen LogP contribution is 2.27. The van der Waals surface area contributed by atoms with Crippen molar-refractivity contribution < 1.29 is 9.52 Å². The van der Waals surface area contributed by atoms with Crippen molar-refractivity contribution in [3.8, 4) is 17.3 Å². The fraction of sp³-hybridized carbons (Fsp3) is 0.300. The highest BCUT2D eigenvalue weighted by molar-refractivity contribution is 5.54. The van der Waals surface area contributed by atoms with Gasteiger partial charge >= 0.3 is 0 Å². The molecule has 0 radical (unpaired) electrons. The van der Waals surface area contributed by atoms with Crippen LogP contribution in [0, 0.1) is 0 Å². The quantitative estimate of drug-likeness (QED) is 0.768. The Kier molecular flexibility index (Phi) is 2.04. The molecule has 0 aromatic carbocycles. The molecule has 14 heavy (non-hydrogen) atoms. The van der Waals surface area contributed by atoms with Gasteiger partial charge in [0, 0.05) is 0 Å². The molecule has 2 heterocycles. The molecule has 4 nitrogen and oxygen atoms in total. The van der Waals surface area contributed by atoms with Crippen LogP contribution in [-0.4, -0.2) is 15.1 Å². The third kappa shape index (κ3) is 1.39. The molecule has 0 saturated heterocycles. The van der Waals surface area contributed by atoms with Crippen LogP contribution < -0.4 is 0 Å². The molecule has 2 aromatic rings. The van der Waals surface area contributed by atoms with Crippen LogP contribution in [-0.2, 0) is 0 Å². The van der Waals surface area contributed by atoms with Gasteiger partial charge in [-0.15, -0.1) is 0 Å². The van der Waals surface area contributed by atoms with Crippen molar-refractivity contribution in [1.29, 1.82) is 0 Å². The van der Waals surface area contributed by atoms with E-state index in [0.717, 1.165) is 11.3 Å². The van der Waals surface area contributed by atoms with Crippen molar-refractivity contribution >= 4 is 0 Å². The summed E-state index contributed by atoms with van der Waals surface area (Å²) in [4.78, 5) is 7.08. The van der Waals surface area contributed by atoms with Gasteiger partial charge < -0.3 is 14.5 Å². The number of hydrogen-bond acceptors (Lipinski definition) is 3. The Morgan fingerprint density at radius 1 is 1.50 bits per heavy atom. The molecule has 0 amide bonds. The minimum atomic E-state index is 0.0659. The first kappa shape index (κ1) is 8.87. The van der Waals surface area contributed by atoms with Gasteiger partial charge in [-0.25, -0.2) is 0 Å². The lowest BCUT2D eigenvalue weighted by atomic mass is 10.1. The maximum Gasteiger partial charge on any atom is 0.233 e. The van der Waals surface area contributed by atoms with Gasteiger partial charge in [-0.05, 0) is 12.0 Å². The van der Waals surface area contributed by atoms with Crippen molar-refractivity contribution in [3.63, 3.8) is 0 Å². The highest BCUT2D eigenvalue weighted by Gasteiger charge is 2.13. The first-order chi connectivity index (χ1) is 6.68. The normalized spacial score (nSPS) is 11.1. The fourth-order valence-corrected chi connectivity index (χ4v) is 1.32. The molecule has 0 aliphatic heterocycles. The van der Waals surface area contributed by atoms with Gasteiger partial charge in [0.15, 0.2) is 0 Å². The first-order valence-corrected chi connectivity index (χ1v) is 4.50. The van der Waals surface area contributed by atoms with Gasteiger partial charge in [0.25, 0.3) is 0 Å². The van der Waals surface area contributed by atoms with Crippen molar-refractivity contribution in [2.75, 3.05) is 0 Å². The first-order valence-electron chi connectivity index (χ1n) is 4.50. The molecule has 0 saturated carbocycles. The Bertz CT molecular complexity index is 415. The predicted octanol–water partition coefficient (Wildman–Crippen LogP) is 2.50. The van der Waals surface area contributed by atoms with E-state index in [1.165, 1.54) is 0 Å². The van der Waals surface area contributed by atoms with Crippen LogP contribution in [0.15, 0.2) is 23.0 Å². The molecule has 0 spiro atoms.